The molecule has 0 radical (unpaired) electrons. The Balaban J connectivity index is 2.02. The molecule has 82 valence electrons. The van der Waals surface area contributed by atoms with Gasteiger partial charge >= 0.3 is 0 Å². The van der Waals surface area contributed by atoms with E-state index in [1.54, 1.807) is 6.20 Å². The standard InChI is InChI=1S/C13H13ClN2/c1-10-5-6-15-13(7-10)16-9-11-3-2-4-12(14)8-11/h2-8H,9H2,1H3,(H,15,16). The summed E-state index contributed by atoms with van der Waals surface area (Å²) in [5, 5.41) is 4.02. The van der Waals surface area contributed by atoms with E-state index in [0.717, 1.165) is 22.9 Å². The quantitative estimate of drug-likeness (QED) is 0.874. The fourth-order valence-electron chi connectivity index (χ4n) is 1.47. The predicted octanol–water partition coefficient (Wildman–Crippen LogP) is 3.66. The zero-order chi connectivity index (χ0) is 11.4. The smallest absolute Gasteiger partial charge is 0.126 e. The van der Waals surface area contributed by atoms with Gasteiger partial charge in [0, 0.05) is 17.8 Å². The predicted molar refractivity (Wildman–Crippen MR) is 67.8 cm³/mol. The molecule has 0 atom stereocenters. The highest BCUT2D eigenvalue weighted by atomic mass is 35.5. The SMILES string of the molecule is Cc1ccnc(NCc2cccc(Cl)c2)c1. The van der Waals surface area contributed by atoms with Gasteiger partial charge in [0.1, 0.15) is 5.82 Å². The van der Waals surface area contributed by atoms with Crippen molar-refractivity contribution in [3.05, 3.63) is 58.7 Å². The fraction of sp³-hybridized carbons (Fsp3) is 0.154. The van der Waals surface area contributed by atoms with Gasteiger partial charge in [-0.25, -0.2) is 4.98 Å². The van der Waals surface area contributed by atoms with Gasteiger partial charge in [0.05, 0.1) is 0 Å². The summed E-state index contributed by atoms with van der Waals surface area (Å²) in [6.07, 6.45) is 1.80. The minimum Gasteiger partial charge on any atom is -0.366 e. The summed E-state index contributed by atoms with van der Waals surface area (Å²) < 4.78 is 0. The monoisotopic (exact) mass is 232 g/mol. The van der Waals surface area contributed by atoms with E-state index in [-0.39, 0.29) is 0 Å². The Bertz CT molecular complexity index is 437. The van der Waals surface area contributed by atoms with Crippen LogP contribution in [0.4, 0.5) is 5.82 Å². The molecule has 3 heteroatoms. The van der Waals surface area contributed by atoms with Gasteiger partial charge in [0.2, 0.25) is 0 Å². The molecule has 1 N–H and O–H groups in total. The second-order valence-electron chi connectivity index (χ2n) is 3.70. The zero-order valence-corrected chi connectivity index (χ0v) is 9.83. The molecule has 0 saturated carbocycles. The van der Waals surface area contributed by atoms with Crippen LogP contribution in [0.3, 0.4) is 0 Å². The first-order valence-corrected chi connectivity index (χ1v) is 5.53. The lowest BCUT2D eigenvalue weighted by Crippen LogP contribution is -2.01. The van der Waals surface area contributed by atoms with Crippen molar-refractivity contribution in [2.45, 2.75) is 13.5 Å². The molecule has 0 spiro atoms. The molecule has 0 aliphatic heterocycles. The molecule has 0 saturated heterocycles. The van der Waals surface area contributed by atoms with E-state index in [2.05, 4.69) is 10.3 Å². The van der Waals surface area contributed by atoms with Crippen molar-refractivity contribution in [3.8, 4) is 0 Å². The van der Waals surface area contributed by atoms with E-state index >= 15 is 0 Å². The Morgan fingerprint density at radius 3 is 2.88 bits per heavy atom. The average Bonchev–Trinajstić information content (AvgIpc) is 2.27. The molecule has 0 aliphatic rings. The van der Waals surface area contributed by atoms with Gasteiger partial charge in [-0.05, 0) is 42.3 Å². The number of rotatable bonds is 3. The molecular weight excluding hydrogens is 220 g/mol. The van der Waals surface area contributed by atoms with Crippen LogP contribution < -0.4 is 5.32 Å². The molecule has 16 heavy (non-hydrogen) atoms. The lowest BCUT2D eigenvalue weighted by atomic mass is 10.2. The molecular formula is C13H13ClN2. The molecule has 2 nitrogen and oxygen atoms in total. The minimum atomic E-state index is 0.733. The van der Waals surface area contributed by atoms with Crippen molar-refractivity contribution in [2.24, 2.45) is 0 Å². The number of pyridine rings is 1. The number of hydrogen-bond acceptors (Lipinski definition) is 2. The second-order valence-corrected chi connectivity index (χ2v) is 4.14. The van der Waals surface area contributed by atoms with E-state index < -0.39 is 0 Å². The minimum absolute atomic E-state index is 0.733. The summed E-state index contributed by atoms with van der Waals surface area (Å²) in [6, 6.07) is 11.8. The van der Waals surface area contributed by atoms with Gasteiger partial charge in [0.15, 0.2) is 0 Å². The van der Waals surface area contributed by atoms with Crippen LogP contribution in [0, 0.1) is 6.92 Å². The Kier molecular flexibility index (Phi) is 3.42. The largest absolute Gasteiger partial charge is 0.366 e. The molecule has 1 aromatic carbocycles. The summed E-state index contributed by atoms with van der Waals surface area (Å²) in [7, 11) is 0. The summed E-state index contributed by atoms with van der Waals surface area (Å²) >= 11 is 5.91. The van der Waals surface area contributed by atoms with Crippen LogP contribution >= 0.6 is 11.6 Å². The summed E-state index contributed by atoms with van der Waals surface area (Å²) in [5.41, 5.74) is 2.35. The number of benzene rings is 1. The maximum Gasteiger partial charge on any atom is 0.126 e. The van der Waals surface area contributed by atoms with E-state index in [9.17, 15) is 0 Å². The maximum absolute atomic E-state index is 5.91. The van der Waals surface area contributed by atoms with Crippen LogP contribution in [0.2, 0.25) is 5.02 Å². The Labute approximate surface area is 100 Å². The van der Waals surface area contributed by atoms with Crippen LogP contribution in [0.25, 0.3) is 0 Å². The number of nitrogens with one attached hydrogen (secondary N) is 1. The summed E-state index contributed by atoms with van der Waals surface area (Å²) in [5.74, 6) is 0.889. The third-order valence-electron chi connectivity index (χ3n) is 2.28. The molecule has 1 heterocycles. The third-order valence-corrected chi connectivity index (χ3v) is 2.51. The lowest BCUT2D eigenvalue weighted by molar-refractivity contribution is 1.11. The van der Waals surface area contributed by atoms with Gasteiger partial charge in [-0.15, -0.1) is 0 Å². The van der Waals surface area contributed by atoms with Crippen LogP contribution in [0.5, 0.6) is 0 Å². The first-order valence-electron chi connectivity index (χ1n) is 5.15. The lowest BCUT2D eigenvalue weighted by Gasteiger charge is -2.06. The van der Waals surface area contributed by atoms with E-state index in [1.165, 1.54) is 5.56 Å². The molecule has 0 unspecified atom stereocenters. The number of aryl methyl sites for hydroxylation is 1. The Hall–Kier alpha value is -1.54. The molecule has 0 amide bonds. The molecule has 1 aromatic heterocycles. The first-order chi connectivity index (χ1) is 7.74. The highest BCUT2D eigenvalue weighted by molar-refractivity contribution is 6.30. The second kappa shape index (κ2) is 4.99. The van der Waals surface area contributed by atoms with Crippen molar-refractivity contribution in [1.82, 2.24) is 4.98 Å². The first kappa shape index (κ1) is 11.0. The fourth-order valence-corrected chi connectivity index (χ4v) is 1.69. The zero-order valence-electron chi connectivity index (χ0n) is 9.07. The van der Waals surface area contributed by atoms with Crippen LogP contribution in [0.1, 0.15) is 11.1 Å². The van der Waals surface area contributed by atoms with Crippen LogP contribution in [-0.2, 0) is 6.54 Å². The normalized spacial score (nSPS) is 10.1. The van der Waals surface area contributed by atoms with Gasteiger partial charge in [-0.2, -0.15) is 0 Å². The topological polar surface area (TPSA) is 24.9 Å². The number of aromatic nitrogens is 1. The van der Waals surface area contributed by atoms with Crippen LogP contribution in [-0.4, -0.2) is 4.98 Å². The van der Waals surface area contributed by atoms with Gasteiger partial charge < -0.3 is 5.32 Å². The summed E-state index contributed by atoms with van der Waals surface area (Å²) in [6.45, 7) is 2.78. The molecule has 2 rings (SSSR count). The van der Waals surface area contributed by atoms with Crippen molar-refractivity contribution < 1.29 is 0 Å². The van der Waals surface area contributed by atoms with Gasteiger partial charge in [-0.3, -0.25) is 0 Å². The van der Waals surface area contributed by atoms with E-state index in [4.69, 9.17) is 11.6 Å². The molecule has 0 fully saturated rings. The molecule has 0 bridgehead atoms. The van der Waals surface area contributed by atoms with Crippen molar-refractivity contribution in [1.29, 1.82) is 0 Å². The highest BCUT2D eigenvalue weighted by Crippen LogP contribution is 2.12. The van der Waals surface area contributed by atoms with Crippen LogP contribution in [0.15, 0.2) is 42.6 Å². The van der Waals surface area contributed by atoms with Crippen molar-refractivity contribution >= 4 is 17.4 Å². The van der Waals surface area contributed by atoms with Crippen molar-refractivity contribution in [3.63, 3.8) is 0 Å². The number of anilines is 1. The van der Waals surface area contributed by atoms with E-state index in [1.807, 2.05) is 43.3 Å². The summed E-state index contributed by atoms with van der Waals surface area (Å²) in [4.78, 5) is 4.23. The molecule has 0 aliphatic carbocycles. The molecule has 2 aromatic rings. The van der Waals surface area contributed by atoms with Gasteiger partial charge in [-0.1, -0.05) is 23.7 Å². The van der Waals surface area contributed by atoms with E-state index in [0.29, 0.717) is 0 Å². The Morgan fingerprint density at radius 2 is 2.12 bits per heavy atom. The number of halogens is 1. The van der Waals surface area contributed by atoms with Crippen molar-refractivity contribution in [2.75, 3.05) is 5.32 Å². The third kappa shape index (κ3) is 2.97. The van der Waals surface area contributed by atoms with Gasteiger partial charge in [0.25, 0.3) is 0 Å². The number of hydrogen-bond donors (Lipinski definition) is 1. The average molecular weight is 233 g/mol. The Morgan fingerprint density at radius 1 is 1.25 bits per heavy atom. The number of nitrogens with zero attached hydrogens (tertiary/aromatic N) is 1. The highest BCUT2D eigenvalue weighted by Gasteiger charge is 1.96. The maximum atomic E-state index is 5.91.